The van der Waals surface area contributed by atoms with E-state index in [0.717, 1.165) is 21.7 Å². The first kappa shape index (κ1) is 12.0. The second-order valence-electron chi connectivity index (χ2n) is 5.05. The fraction of sp³-hybridized carbons (Fsp3) is 0.385. The van der Waals surface area contributed by atoms with E-state index in [1.165, 1.54) is 0 Å². The highest BCUT2D eigenvalue weighted by molar-refractivity contribution is 5.77. The summed E-state index contributed by atoms with van der Waals surface area (Å²) >= 11 is 0. The summed E-state index contributed by atoms with van der Waals surface area (Å²) in [6.45, 7) is 6.03. The molecule has 0 unspecified atom stereocenters. The molecule has 0 spiro atoms. The Kier molecular flexibility index (Phi) is 3.09. The molecular weight excluding hydrogens is 214 g/mol. The van der Waals surface area contributed by atoms with Gasteiger partial charge in [0, 0.05) is 24.5 Å². The number of rotatable bonds is 2. The number of benzene rings is 1. The lowest BCUT2D eigenvalue weighted by molar-refractivity contribution is 0.199. The van der Waals surface area contributed by atoms with E-state index in [0.29, 0.717) is 6.54 Å². The third kappa shape index (κ3) is 2.60. The predicted octanol–water partition coefficient (Wildman–Crippen LogP) is 2.73. The van der Waals surface area contributed by atoms with Gasteiger partial charge < -0.3 is 10.3 Å². The summed E-state index contributed by atoms with van der Waals surface area (Å²) in [7, 11) is 0. The van der Waals surface area contributed by atoms with Crippen molar-refractivity contribution in [3.8, 4) is 0 Å². The van der Waals surface area contributed by atoms with Crippen LogP contribution in [-0.4, -0.2) is 20.6 Å². The van der Waals surface area contributed by atoms with Crippen LogP contribution in [0, 0.1) is 5.21 Å². The molecule has 1 aromatic carbocycles. The number of para-hydroxylation sites is 1. The molecule has 2 rings (SSSR count). The Morgan fingerprint density at radius 1 is 1.18 bits per heavy atom. The minimum absolute atomic E-state index is 0.333. The monoisotopic (exact) mass is 230 g/mol. The van der Waals surface area contributed by atoms with Gasteiger partial charge in [-0.25, -0.2) is 0 Å². The highest BCUT2D eigenvalue weighted by atomic mass is 16.5. The molecule has 0 atom stereocenters. The molecule has 4 nitrogen and oxygen atoms in total. The Balaban J connectivity index is 2.36. The molecule has 1 heterocycles. The molecule has 0 aliphatic rings. The van der Waals surface area contributed by atoms with Crippen LogP contribution < -0.4 is 0 Å². The lowest BCUT2D eigenvalue weighted by atomic mass is 10.1. The van der Waals surface area contributed by atoms with Crippen molar-refractivity contribution in [1.82, 2.24) is 15.0 Å². The lowest BCUT2D eigenvalue weighted by Gasteiger charge is -2.41. The number of nitrogens with zero attached hydrogens (tertiary/aromatic N) is 3. The van der Waals surface area contributed by atoms with Crippen LogP contribution in [-0.2, 0) is 6.54 Å². The zero-order valence-corrected chi connectivity index (χ0v) is 10.3. The average Bonchev–Trinajstić information content (AvgIpc) is 2.28. The zero-order chi connectivity index (χ0) is 12.5. The van der Waals surface area contributed by atoms with Crippen molar-refractivity contribution in [3.05, 3.63) is 41.4 Å². The fourth-order valence-corrected chi connectivity index (χ4v) is 1.57. The van der Waals surface area contributed by atoms with Gasteiger partial charge in [-0.3, -0.25) is 9.97 Å². The zero-order valence-electron chi connectivity index (χ0n) is 10.3. The molecule has 0 bridgehead atoms. The van der Waals surface area contributed by atoms with Crippen LogP contribution >= 0.6 is 0 Å². The number of aromatic nitrogens is 2. The second-order valence-corrected chi connectivity index (χ2v) is 5.05. The maximum atomic E-state index is 11.9. The van der Waals surface area contributed by atoms with Crippen molar-refractivity contribution in [2.75, 3.05) is 0 Å². The van der Waals surface area contributed by atoms with Crippen molar-refractivity contribution < 1.29 is 0 Å². The van der Waals surface area contributed by atoms with Gasteiger partial charge in [0.1, 0.15) is 0 Å². The van der Waals surface area contributed by atoms with Crippen LogP contribution in [0.3, 0.4) is 0 Å². The summed E-state index contributed by atoms with van der Waals surface area (Å²) < 4.78 is 0. The summed E-state index contributed by atoms with van der Waals surface area (Å²) in [5.74, 6) is 0. The number of hydrogen-bond donors (Lipinski definition) is 0. The maximum absolute atomic E-state index is 11.9. The second kappa shape index (κ2) is 4.39. The van der Waals surface area contributed by atoms with E-state index in [1.807, 2.05) is 39.0 Å². The molecule has 0 radical (unpaired) electrons. The van der Waals surface area contributed by atoms with Crippen molar-refractivity contribution in [1.29, 1.82) is 0 Å². The third-order valence-corrected chi connectivity index (χ3v) is 2.64. The van der Waals surface area contributed by atoms with Gasteiger partial charge in [0.05, 0.1) is 11.0 Å². The van der Waals surface area contributed by atoms with Gasteiger partial charge in [0.2, 0.25) is 0 Å². The van der Waals surface area contributed by atoms with Gasteiger partial charge in [-0.05, 0) is 32.4 Å². The van der Waals surface area contributed by atoms with Crippen molar-refractivity contribution in [2.45, 2.75) is 32.9 Å². The molecule has 0 aliphatic heterocycles. The highest BCUT2D eigenvalue weighted by Gasteiger charge is 2.13. The van der Waals surface area contributed by atoms with Gasteiger partial charge in [-0.1, -0.05) is 12.1 Å². The molecule has 1 aromatic heterocycles. The number of fused-ring (bicyclic) bond motifs is 1. The van der Waals surface area contributed by atoms with Gasteiger partial charge in [-0.2, -0.15) is 0 Å². The van der Waals surface area contributed by atoms with E-state index in [-0.39, 0.29) is 0 Å². The molecular formula is C13H16N3O-. The molecule has 0 amide bonds. The summed E-state index contributed by atoms with van der Waals surface area (Å²) in [5, 5.41) is 13.0. The fourth-order valence-electron chi connectivity index (χ4n) is 1.57. The smallest absolute Gasteiger partial charge is 0.0931 e. The van der Waals surface area contributed by atoms with E-state index in [4.69, 9.17) is 0 Å². The lowest BCUT2D eigenvalue weighted by Crippen LogP contribution is -2.36. The normalized spacial score (nSPS) is 12.3. The SMILES string of the molecule is CC(C)(C)N([O-])Cc1cccc2nccnc12. The van der Waals surface area contributed by atoms with Gasteiger partial charge in [0.15, 0.2) is 0 Å². The summed E-state index contributed by atoms with van der Waals surface area (Å²) in [6.07, 6.45) is 3.31. The molecule has 0 saturated heterocycles. The number of hydrogen-bond acceptors (Lipinski definition) is 4. The first-order chi connectivity index (χ1) is 7.98. The largest absolute Gasteiger partial charge is 0.785 e. The molecule has 17 heavy (non-hydrogen) atoms. The van der Waals surface area contributed by atoms with Crippen LogP contribution in [0.15, 0.2) is 30.6 Å². The predicted molar refractivity (Wildman–Crippen MR) is 68.2 cm³/mol. The standard InChI is InChI=1S/C13H16N3O/c1-13(2,3)16(17)9-10-5-4-6-11-12(10)15-8-7-14-11/h4-8H,9H2,1-3H3/q-1. The van der Waals surface area contributed by atoms with Gasteiger partial charge in [0.25, 0.3) is 0 Å². The molecule has 90 valence electrons. The Labute approximate surface area is 101 Å². The summed E-state index contributed by atoms with van der Waals surface area (Å²) in [6, 6.07) is 5.73. The topological polar surface area (TPSA) is 52.1 Å². The Morgan fingerprint density at radius 3 is 2.59 bits per heavy atom. The van der Waals surface area contributed by atoms with E-state index in [2.05, 4.69) is 9.97 Å². The van der Waals surface area contributed by atoms with Crippen LogP contribution in [0.5, 0.6) is 0 Å². The van der Waals surface area contributed by atoms with Crippen LogP contribution in [0.1, 0.15) is 26.3 Å². The van der Waals surface area contributed by atoms with Crippen LogP contribution in [0.25, 0.3) is 11.0 Å². The summed E-state index contributed by atoms with van der Waals surface area (Å²) in [5.41, 5.74) is 2.15. The van der Waals surface area contributed by atoms with Gasteiger partial charge in [-0.15, -0.1) is 0 Å². The average molecular weight is 230 g/mol. The molecule has 0 saturated carbocycles. The van der Waals surface area contributed by atoms with E-state index >= 15 is 0 Å². The minimum atomic E-state index is -0.398. The molecule has 0 fully saturated rings. The van der Waals surface area contributed by atoms with E-state index < -0.39 is 5.54 Å². The molecule has 2 aromatic rings. The minimum Gasteiger partial charge on any atom is -0.785 e. The Morgan fingerprint density at radius 2 is 1.88 bits per heavy atom. The molecule has 0 aliphatic carbocycles. The van der Waals surface area contributed by atoms with Crippen molar-refractivity contribution >= 4 is 11.0 Å². The quantitative estimate of drug-likeness (QED) is 0.744. The molecule has 0 N–H and O–H groups in total. The first-order valence-corrected chi connectivity index (χ1v) is 5.62. The number of hydroxylamine groups is 2. The van der Waals surface area contributed by atoms with Crippen molar-refractivity contribution in [2.24, 2.45) is 0 Å². The molecule has 4 heteroatoms. The van der Waals surface area contributed by atoms with E-state index in [9.17, 15) is 5.21 Å². The van der Waals surface area contributed by atoms with Crippen LogP contribution in [0.4, 0.5) is 0 Å². The Hall–Kier alpha value is -1.52. The van der Waals surface area contributed by atoms with Crippen LogP contribution in [0.2, 0.25) is 0 Å². The summed E-state index contributed by atoms with van der Waals surface area (Å²) in [4.78, 5) is 8.52. The first-order valence-electron chi connectivity index (χ1n) is 5.62. The third-order valence-electron chi connectivity index (χ3n) is 2.64. The maximum Gasteiger partial charge on any atom is 0.0931 e. The highest BCUT2D eigenvalue weighted by Crippen LogP contribution is 2.20. The Bertz CT molecular complexity index is 514. The van der Waals surface area contributed by atoms with Gasteiger partial charge >= 0.3 is 0 Å². The van der Waals surface area contributed by atoms with E-state index in [1.54, 1.807) is 12.4 Å². The van der Waals surface area contributed by atoms with Crippen molar-refractivity contribution in [3.63, 3.8) is 0 Å².